The summed E-state index contributed by atoms with van der Waals surface area (Å²) in [5.74, 6) is 2.11. The van der Waals surface area contributed by atoms with E-state index in [1.807, 2.05) is 0 Å². The van der Waals surface area contributed by atoms with Crippen LogP contribution in [0, 0.1) is 12.3 Å². The zero-order valence-corrected chi connectivity index (χ0v) is 4.65. The lowest BCUT2D eigenvalue weighted by Crippen LogP contribution is -1.83. The standard InChI is InChI=1S/C8H7N/c1-2-7-4-3-5-8(9)6-7/h1,3-6H,9H2/i3D,4D,5D,6D. The number of rotatable bonds is 0. The van der Waals surface area contributed by atoms with Gasteiger partial charge in [-0.2, -0.15) is 0 Å². The average Bonchev–Trinajstić information content (AvgIpc) is 2.13. The van der Waals surface area contributed by atoms with E-state index in [1.165, 1.54) is 0 Å². The van der Waals surface area contributed by atoms with Crippen LogP contribution >= 0.6 is 0 Å². The van der Waals surface area contributed by atoms with Gasteiger partial charge in [0.05, 0.1) is 5.48 Å². The van der Waals surface area contributed by atoms with Gasteiger partial charge < -0.3 is 5.73 Å². The highest BCUT2D eigenvalue weighted by Crippen LogP contribution is 2.03. The van der Waals surface area contributed by atoms with Crippen molar-refractivity contribution in [2.24, 2.45) is 0 Å². The molecule has 0 fully saturated rings. The first-order valence-corrected chi connectivity index (χ1v) is 2.33. The number of nitrogen functional groups attached to an aromatic ring is 1. The monoisotopic (exact) mass is 121 g/mol. The highest BCUT2D eigenvalue weighted by molar-refractivity contribution is 5.46. The second kappa shape index (κ2) is 2.23. The van der Waals surface area contributed by atoms with Gasteiger partial charge in [0.2, 0.25) is 0 Å². The molecule has 0 spiro atoms. The molecule has 1 rings (SSSR count). The lowest BCUT2D eigenvalue weighted by Gasteiger charge is -1.90. The van der Waals surface area contributed by atoms with Crippen molar-refractivity contribution < 1.29 is 5.48 Å². The minimum Gasteiger partial charge on any atom is -0.399 e. The number of anilines is 1. The zero-order chi connectivity index (χ0) is 10.2. The summed E-state index contributed by atoms with van der Waals surface area (Å²) in [6.45, 7) is 0. The molecule has 44 valence electrons. The highest BCUT2D eigenvalue weighted by atomic mass is 14.5. The first kappa shape index (κ1) is 2.45. The normalized spacial score (nSPS) is 14.6. The van der Waals surface area contributed by atoms with Gasteiger partial charge in [0.15, 0.2) is 0 Å². The molecule has 0 bridgehead atoms. The first-order valence-electron chi connectivity index (χ1n) is 4.33. The Labute approximate surface area is 60.1 Å². The highest BCUT2D eigenvalue weighted by Gasteiger charge is 1.84. The van der Waals surface area contributed by atoms with Crippen molar-refractivity contribution in [3.63, 3.8) is 0 Å². The van der Waals surface area contributed by atoms with E-state index < -0.39 is 0 Å². The maximum absolute atomic E-state index is 7.38. The van der Waals surface area contributed by atoms with Crippen LogP contribution in [0.3, 0.4) is 0 Å². The predicted molar refractivity (Wildman–Crippen MR) is 38.8 cm³/mol. The summed E-state index contributed by atoms with van der Waals surface area (Å²) in [4.78, 5) is 0. The Morgan fingerprint density at radius 2 is 2.44 bits per heavy atom. The van der Waals surface area contributed by atoms with Gasteiger partial charge in [-0.05, 0) is 18.1 Å². The summed E-state index contributed by atoms with van der Waals surface area (Å²) in [6.07, 6.45) is 5.05. The topological polar surface area (TPSA) is 26.0 Å². The number of benzene rings is 1. The van der Waals surface area contributed by atoms with E-state index in [2.05, 4.69) is 5.92 Å². The Kier molecular flexibility index (Phi) is 0.607. The summed E-state index contributed by atoms with van der Waals surface area (Å²) in [5.41, 5.74) is 5.18. The summed E-state index contributed by atoms with van der Waals surface area (Å²) in [6, 6.07) is -1.14. The molecule has 1 aromatic rings. The third-order valence-electron chi connectivity index (χ3n) is 0.789. The second-order valence-corrected chi connectivity index (χ2v) is 1.43. The average molecular weight is 121 g/mol. The van der Waals surface area contributed by atoms with E-state index in [0.29, 0.717) is 0 Å². The molecule has 9 heavy (non-hydrogen) atoms. The minimum atomic E-state index is -0.332. The molecule has 1 aromatic carbocycles. The molecule has 0 aromatic heterocycles. The van der Waals surface area contributed by atoms with Crippen molar-refractivity contribution in [1.82, 2.24) is 0 Å². The van der Waals surface area contributed by atoms with E-state index in [4.69, 9.17) is 17.6 Å². The van der Waals surface area contributed by atoms with E-state index >= 15 is 0 Å². The lowest BCUT2D eigenvalue weighted by atomic mass is 10.2. The second-order valence-electron chi connectivity index (χ2n) is 1.43. The van der Waals surface area contributed by atoms with Gasteiger partial charge in [-0.3, -0.25) is 0 Å². The van der Waals surface area contributed by atoms with E-state index in [0.717, 1.165) is 0 Å². The smallest absolute Gasteiger partial charge is 0.0658 e. The van der Waals surface area contributed by atoms with Crippen molar-refractivity contribution in [1.29, 1.82) is 0 Å². The van der Waals surface area contributed by atoms with E-state index in [1.54, 1.807) is 0 Å². The fourth-order valence-corrected chi connectivity index (χ4v) is 0.430. The quantitative estimate of drug-likeness (QED) is 0.405. The molecule has 1 heteroatoms. The molecular weight excluding hydrogens is 110 g/mol. The van der Waals surface area contributed by atoms with Crippen LogP contribution in [0.25, 0.3) is 0 Å². The Morgan fingerprint density at radius 3 is 3.11 bits per heavy atom. The van der Waals surface area contributed by atoms with Crippen molar-refractivity contribution in [2.45, 2.75) is 0 Å². The molecule has 1 nitrogen and oxygen atoms in total. The molecule has 0 aliphatic rings. The fraction of sp³-hybridized carbons (Fsp3) is 0. The summed E-state index contributed by atoms with van der Waals surface area (Å²) in [5, 5.41) is 0. The van der Waals surface area contributed by atoms with E-state index in [9.17, 15) is 0 Å². The van der Waals surface area contributed by atoms with Gasteiger partial charge >= 0.3 is 0 Å². The van der Waals surface area contributed by atoms with Gasteiger partial charge in [-0.1, -0.05) is 12.0 Å². The molecule has 0 saturated carbocycles. The van der Waals surface area contributed by atoms with Crippen molar-refractivity contribution in [3.05, 3.63) is 29.7 Å². The van der Waals surface area contributed by atoms with Crippen LogP contribution in [-0.2, 0) is 0 Å². The molecule has 2 N–H and O–H groups in total. The van der Waals surface area contributed by atoms with Crippen LogP contribution in [0.1, 0.15) is 11.0 Å². The summed E-state index contributed by atoms with van der Waals surface area (Å²) < 4.78 is 29.3. The van der Waals surface area contributed by atoms with Crippen LogP contribution in [0.4, 0.5) is 5.69 Å². The molecule has 0 atom stereocenters. The minimum absolute atomic E-state index is 0.0292. The van der Waals surface area contributed by atoms with E-state index in [-0.39, 0.29) is 35.4 Å². The van der Waals surface area contributed by atoms with Crippen LogP contribution < -0.4 is 5.73 Å². The number of hydrogen-bond donors (Lipinski definition) is 1. The molecule has 0 radical (unpaired) electrons. The Morgan fingerprint density at radius 1 is 1.67 bits per heavy atom. The van der Waals surface area contributed by atoms with Gasteiger partial charge in [0.1, 0.15) is 0 Å². The van der Waals surface area contributed by atoms with Gasteiger partial charge in [0, 0.05) is 11.3 Å². The number of nitrogens with two attached hydrogens (primary N) is 1. The fourth-order valence-electron chi connectivity index (χ4n) is 0.430. The third kappa shape index (κ3) is 1.23. The van der Waals surface area contributed by atoms with Gasteiger partial charge in [0.25, 0.3) is 0 Å². The zero-order valence-electron chi connectivity index (χ0n) is 8.65. The van der Waals surface area contributed by atoms with Crippen molar-refractivity contribution in [2.75, 3.05) is 5.73 Å². The Hall–Kier alpha value is -1.42. The molecule has 0 saturated heterocycles. The SMILES string of the molecule is [2H]c1c([2H])c(N)c([2H])c(C#C)c1[2H]. The Balaban J connectivity index is 3.69. The maximum atomic E-state index is 7.38. The Bertz CT molecular complexity index is 377. The number of terminal acetylenes is 1. The van der Waals surface area contributed by atoms with Crippen molar-refractivity contribution in [3.8, 4) is 12.3 Å². The van der Waals surface area contributed by atoms with Crippen LogP contribution in [0.15, 0.2) is 24.2 Å². The predicted octanol–water partition coefficient (Wildman–Crippen LogP) is 1.25. The van der Waals surface area contributed by atoms with Crippen LogP contribution in [-0.4, -0.2) is 0 Å². The summed E-state index contributed by atoms with van der Waals surface area (Å²) >= 11 is 0. The van der Waals surface area contributed by atoms with Gasteiger partial charge in [-0.25, -0.2) is 0 Å². The molecule has 0 amide bonds. The maximum Gasteiger partial charge on any atom is 0.0658 e. The van der Waals surface area contributed by atoms with Crippen LogP contribution in [0.2, 0.25) is 0 Å². The number of hydrogen-bond acceptors (Lipinski definition) is 1. The van der Waals surface area contributed by atoms with Gasteiger partial charge in [-0.15, -0.1) is 6.42 Å². The molecule has 0 aliphatic carbocycles. The molecular formula is C8H7N. The first-order chi connectivity index (χ1) is 6.00. The van der Waals surface area contributed by atoms with Crippen molar-refractivity contribution >= 4 is 5.69 Å². The largest absolute Gasteiger partial charge is 0.399 e. The van der Waals surface area contributed by atoms with Crippen LogP contribution in [0.5, 0.6) is 0 Å². The summed E-state index contributed by atoms with van der Waals surface area (Å²) in [7, 11) is 0. The lowest BCUT2D eigenvalue weighted by molar-refractivity contribution is 1.64. The molecule has 0 aliphatic heterocycles. The third-order valence-corrected chi connectivity index (χ3v) is 0.789. The molecule has 0 unspecified atom stereocenters. The molecule has 0 heterocycles.